The third-order valence-electron chi connectivity index (χ3n) is 0.856. The van der Waals surface area contributed by atoms with Crippen molar-refractivity contribution in [2.75, 3.05) is 0 Å². The Labute approximate surface area is 73.0 Å². The van der Waals surface area contributed by atoms with Crippen LogP contribution in [0.4, 0.5) is 0 Å². The zero-order valence-corrected chi connectivity index (χ0v) is 9.07. The summed E-state index contributed by atoms with van der Waals surface area (Å²) in [6.07, 6.45) is 5.09. The molecule has 0 spiro atoms. The Bertz CT molecular complexity index is 78.0. The molecule has 0 heteroatoms. The zero-order chi connectivity index (χ0) is 9.70. The van der Waals surface area contributed by atoms with Gasteiger partial charge in [-0.3, -0.25) is 0 Å². The van der Waals surface area contributed by atoms with Gasteiger partial charge in [-0.2, -0.15) is 0 Å². The van der Waals surface area contributed by atoms with Gasteiger partial charge in [-0.15, -0.1) is 0 Å². The zero-order valence-electron chi connectivity index (χ0n) is 9.07. The molecule has 0 saturated carbocycles. The van der Waals surface area contributed by atoms with Gasteiger partial charge in [0, 0.05) is 0 Å². The van der Waals surface area contributed by atoms with Crippen LogP contribution in [0, 0.1) is 0 Å². The van der Waals surface area contributed by atoms with E-state index in [1.807, 2.05) is 46.8 Å². The third kappa shape index (κ3) is 26.4. The lowest BCUT2D eigenvalue weighted by Crippen LogP contribution is -1.65. The van der Waals surface area contributed by atoms with E-state index >= 15 is 0 Å². The Morgan fingerprint density at radius 1 is 1.18 bits per heavy atom. The highest BCUT2D eigenvalue weighted by atomic mass is 13.8. The fraction of sp³-hybridized carbons (Fsp3) is 0.636. The van der Waals surface area contributed by atoms with Gasteiger partial charge < -0.3 is 0 Å². The van der Waals surface area contributed by atoms with Crippen molar-refractivity contribution in [3.8, 4) is 0 Å². The summed E-state index contributed by atoms with van der Waals surface area (Å²) >= 11 is 0. The monoisotopic (exact) mass is 156 g/mol. The standard InChI is InChI=1S/C7H12.2C2H6/c1-4-6-7(3)5-2;2*1-2/h4,6H,3,5H2,1-2H3;2*1-2H3/b6-4-;;. The normalized spacial score (nSPS) is 7.45. The van der Waals surface area contributed by atoms with Gasteiger partial charge in [-0.05, 0) is 13.3 Å². The van der Waals surface area contributed by atoms with E-state index in [-0.39, 0.29) is 0 Å². The second-order valence-electron chi connectivity index (χ2n) is 1.51. The lowest BCUT2D eigenvalue weighted by atomic mass is 10.2. The summed E-state index contributed by atoms with van der Waals surface area (Å²) in [6.45, 7) is 15.9. The smallest absolute Gasteiger partial charge is 0.0313 e. The summed E-state index contributed by atoms with van der Waals surface area (Å²) in [5.41, 5.74) is 1.20. The summed E-state index contributed by atoms with van der Waals surface area (Å²) in [5, 5.41) is 0. The molecule has 0 aromatic heterocycles. The quantitative estimate of drug-likeness (QED) is 0.513. The minimum atomic E-state index is 1.06. The van der Waals surface area contributed by atoms with E-state index in [0.29, 0.717) is 0 Å². The minimum absolute atomic E-state index is 1.06. The second-order valence-corrected chi connectivity index (χ2v) is 1.51. The number of rotatable bonds is 2. The van der Waals surface area contributed by atoms with Crippen molar-refractivity contribution in [3.63, 3.8) is 0 Å². The molecule has 0 saturated heterocycles. The Hall–Kier alpha value is -0.520. The van der Waals surface area contributed by atoms with E-state index in [4.69, 9.17) is 0 Å². The van der Waals surface area contributed by atoms with Crippen LogP contribution in [0.5, 0.6) is 0 Å². The lowest BCUT2D eigenvalue weighted by molar-refractivity contribution is 1.16. The molecule has 0 aliphatic heterocycles. The predicted molar refractivity (Wildman–Crippen MR) is 56.9 cm³/mol. The van der Waals surface area contributed by atoms with E-state index in [0.717, 1.165) is 6.42 Å². The summed E-state index contributed by atoms with van der Waals surface area (Å²) in [4.78, 5) is 0. The van der Waals surface area contributed by atoms with Gasteiger partial charge in [-0.1, -0.05) is 58.9 Å². The molecular formula is C11H24. The fourth-order valence-electron chi connectivity index (χ4n) is 0.354. The van der Waals surface area contributed by atoms with E-state index in [1.165, 1.54) is 5.57 Å². The van der Waals surface area contributed by atoms with Gasteiger partial charge >= 0.3 is 0 Å². The molecule has 11 heavy (non-hydrogen) atoms. The highest BCUT2D eigenvalue weighted by molar-refractivity contribution is 5.12. The first-order valence-electron chi connectivity index (χ1n) is 4.61. The summed E-state index contributed by atoms with van der Waals surface area (Å²) in [7, 11) is 0. The lowest BCUT2D eigenvalue weighted by Gasteiger charge is -1.85. The number of hydrogen-bond donors (Lipinski definition) is 0. The highest BCUT2D eigenvalue weighted by Crippen LogP contribution is 1.95. The maximum Gasteiger partial charge on any atom is -0.0313 e. The van der Waals surface area contributed by atoms with Crippen LogP contribution in [-0.4, -0.2) is 0 Å². The van der Waals surface area contributed by atoms with Gasteiger partial charge in [0.2, 0.25) is 0 Å². The molecule has 0 bridgehead atoms. The van der Waals surface area contributed by atoms with Crippen LogP contribution in [0.2, 0.25) is 0 Å². The van der Waals surface area contributed by atoms with Crippen LogP contribution in [-0.2, 0) is 0 Å². The van der Waals surface area contributed by atoms with Crippen molar-refractivity contribution >= 4 is 0 Å². The minimum Gasteiger partial charge on any atom is -0.0959 e. The number of hydrogen-bond acceptors (Lipinski definition) is 0. The Balaban J connectivity index is -0.000000138. The maximum atomic E-state index is 3.78. The van der Waals surface area contributed by atoms with Crippen molar-refractivity contribution in [2.24, 2.45) is 0 Å². The first kappa shape index (κ1) is 16.8. The molecule has 0 aromatic carbocycles. The second kappa shape index (κ2) is 22.7. The average molecular weight is 156 g/mol. The van der Waals surface area contributed by atoms with Crippen molar-refractivity contribution < 1.29 is 0 Å². The Morgan fingerprint density at radius 3 is 1.64 bits per heavy atom. The van der Waals surface area contributed by atoms with Gasteiger partial charge in [0.25, 0.3) is 0 Å². The Morgan fingerprint density at radius 2 is 1.55 bits per heavy atom. The van der Waals surface area contributed by atoms with E-state index < -0.39 is 0 Å². The fourth-order valence-corrected chi connectivity index (χ4v) is 0.354. The molecule has 0 aliphatic rings. The topological polar surface area (TPSA) is 0 Å². The van der Waals surface area contributed by atoms with Crippen LogP contribution in [0.25, 0.3) is 0 Å². The third-order valence-corrected chi connectivity index (χ3v) is 0.856. The molecule has 0 unspecified atom stereocenters. The van der Waals surface area contributed by atoms with Crippen molar-refractivity contribution in [3.05, 3.63) is 24.3 Å². The van der Waals surface area contributed by atoms with E-state index in [9.17, 15) is 0 Å². The molecule has 0 aromatic rings. The summed E-state index contributed by atoms with van der Waals surface area (Å²) in [5.74, 6) is 0. The molecule has 0 N–H and O–H groups in total. The molecule has 0 radical (unpaired) electrons. The molecule has 0 amide bonds. The van der Waals surface area contributed by atoms with Gasteiger partial charge in [0.1, 0.15) is 0 Å². The van der Waals surface area contributed by atoms with Crippen LogP contribution in [0.1, 0.15) is 48.0 Å². The number of allylic oxidation sites excluding steroid dienone is 3. The van der Waals surface area contributed by atoms with Crippen LogP contribution >= 0.6 is 0 Å². The molecular weight excluding hydrogens is 132 g/mol. The van der Waals surface area contributed by atoms with Crippen molar-refractivity contribution in [1.82, 2.24) is 0 Å². The molecule has 0 nitrogen and oxygen atoms in total. The van der Waals surface area contributed by atoms with Gasteiger partial charge in [-0.25, -0.2) is 0 Å². The molecule has 0 atom stereocenters. The molecule has 0 aliphatic carbocycles. The highest BCUT2D eigenvalue weighted by Gasteiger charge is 1.75. The van der Waals surface area contributed by atoms with Crippen LogP contribution in [0.15, 0.2) is 24.3 Å². The van der Waals surface area contributed by atoms with Gasteiger partial charge in [0.05, 0.1) is 0 Å². The van der Waals surface area contributed by atoms with E-state index in [1.54, 1.807) is 0 Å². The van der Waals surface area contributed by atoms with Crippen LogP contribution in [0.3, 0.4) is 0 Å². The average Bonchev–Trinajstić information content (AvgIpc) is 2.12. The first-order chi connectivity index (χ1) is 5.31. The predicted octanol–water partition coefficient (Wildman–Crippen LogP) is 4.58. The van der Waals surface area contributed by atoms with Gasteiger partial charge in [0.15, 0.2) is 0 Å². The van der Waals surface area contributed by atoms with Crippen molar-refractivity contribution in [1.29, 1.82) is 0 Å². The molecule has 68 valence electrons. The largest absolute Gasteiger partial charge is 0.0959 e. The first-order valence-corrected chi connectivity index (χ1v) is 4.61. The Kier molecular flexibility index (Phi) is 34.7. The van der Waals surface area contributed by atoms with E-state index in [2.05, 4.69) is 13.5 Å². The molecule has 0 rings (SSSR count). The SMILES string of the molecule is C=C(/C=C\C)CC.CC.CC. The summed E-state index contributed by atoms with van der Waals surface area (Å²) < 4.78 is 0. The van der Waals surface area contributed by atoms with Crippen LogP contribution < -0.4 is 0 Å². The van der Waals surface area contributed by atoms with Crippen molar-refractivity contribution in [2.45, 2.75) is 48.0 Å². The maximum absolute atomic E-state index is 3.78. The molecule has 0 fully saturated rings. The molecule has 0 heterocycles. The summed E-state index contributed by atoms with van der Waals surface area (Å²) in [6, 6.07) is 0.